The molecule has 1 aromatic carbocycles. The van der Waals surface area contributed by atoms with Crippen LogP contribution in [0.1, 0.15) is 36.0 Å². The standard InChI is InChI=1S/C19H22N6OS/c1-12-4-6-16(7-5-12)25-17(10-13(2)23-25)20-18(26)11-27-19-22-21-14(3)24(19)15-8-9-15/h4-7,10,15H,8-9,11H2,1-3H3,(H,20,26). The molecule has 0 unspecified atom stereocenters. The summed E-state index contributed by atoms with van der Waals surface area (Å²) in [6, 6.07) is 10.4. The minimum absolute atomic E-state index is 0.0868. The number of rotatable bonds is 6. The van der Waals surface area contributed by atoms with Crippen LogP contribution in [-0.2, 0) is 4.79 Å². The molecule has 1 aliphatic carbocycles. The van der Waals surface area contributed by atoms with Gasteiger partial charge >= 0.3 is 0 Å². The molecule has 4 rings (SSSR count). The first-order valence-electron chi connectivity index (χ1n) is 8.99. The fourth-order valence-electron chi connectivity index (χ4n) is 2.98. The highest BCUT2D eigenvalue weighted by Gasteiger charge is 2.28. The maximum atomic E-state index is 12.5. The van der Waals surface area contributed by atoms with Gasteiger partial charge in [0.05, 0.1) is 17.1 Å². The monoisotopic (exact) mass is 382 g/mol. The van der Waals surface area contributed by atoms with Gasteiger partial charge in [0.25, 0.3) is 0 Å². The SMILES string of the molecule is Cc1ccc(-n2nc(C)cc2NC(=O)CSc2nnc(C)n2C2CC2)cc1. The highest BCUT2D eigenvalue weighted by molar-refractivity contribution is 7.99. The number of carbonyl (C=O) groups is 1. The molecule has 1 fully saturated rings. The summed E-state index contributed by atoms with van der Waals surface area (Å²) in [4.78, 5) is 12.5. The maximum absolute atomic E-state index is 12.5. The molecule has 0 aliphatic heterocycles. The van der Waals surface area contributed by atoms with Crippen molar-refractivity contribution in [2.45, 2.75) is 44.8 Å². The number of carbonyl (C=O) groups excluding carboxylic acids is 1. The van der Waals surface area contributed by atoms with Gasteiger partial charge in [-0.1, -0.05) is 29.5 Å². The summed E-state index contributed by atoms with van der Waals surface area (Å²) < 4.78 is 3.90. The maximum Gasteiger partial charge on any atom is 0.236 e. The second-order valence-corrected chi connectivity index (χ2v) is 7.83. The Hall–Kier alpha value is -2.61. The first-order chi connectivity index (χ1) is 13.0. The van der Waals surface area contributed by atoms with Crippen molar-refractivity contribution in [3.05, 3.63) is 47.4 Å². The van der Waals surface area contributed by atoms with E-state index in [1.807, 2.05) is 51.1 Å². The van der Waals surface area contributed by atoms with Gasteiger partial charge in [-0.15, -0.1) is 10.2 Å². The molecule has 7 nitrogen and oxygen atoms in total. The molecule has 8 heteroatoms. The first-order valence-corrected chi connectivity index (χ1v) is 9.97. The van der Waals surface area contributed by atoms with Gasteiger partial charge in [0.15, 0.2) is 5.16 Å². The van der Waals surface area contributed by atoms with E-state index in [-0.39, 0.29) is 11.7 Å². The number of aromatic nitrogens is 5. The van der Waals surface area contributed by atoms with Crippen molar-refractivity contribution in [2.75, 3.05) is 11.1 Å². The normalized spacial score (nSPS) is 13.7. The Bertz CT molecular complexity index is 971. The summed E-state index contributed by atoms with van der Waals surface area (Å²) in [5, 5.41) is 16.6. The summed E-state index contributed by atoms with van der Waals surface area (Å²) in [5.74, 6) is 1.77. The van der Waals surface area contributed by atoms with Crippen molar-refractivity contribution in [3.63, 3.8) is 0 Å². The number of hydrogen-bond donors (Lipinski definition) is 1. The Morgan fingerprint density at radius 2 is 1.93 bits per heavy atom. The molecule has 0 saturated heterocycles. The number of benzene rings is 1. The molecular formula is C19H22N6OS. The van der Waals surface area contributed by atoms with Crippen LogP contribution in [0.15, 0.2) is 35.5 Å². The van der Waals surface area contributed by atoms with Crippen molar-refractivity contribution < 1.29 is 4.79 Å². The molecule has 1 saturated carbocycles. The fourth-order valence-corrected chi connectivity index (χ4v) is 3.83. The molecule has 0 radical (unpaired) electrons. The number of nitrogens with zero attached hydrogens (tertiary/aromatic N) is 5. The summed E-state index contributed by atoms with van der Waals surface area (Å²) in [6.07, 6.45) is 2.32. The topological polar surface area (TPSA) is 77.6 Å². The molecule has 0 atom stereocenters. The van der Waals surface area contributed by atoms with Gasteiger partial charge in [-0.3, -0.25) is 4.79 Å². The lowest BCUT2D eigenvalue weighted by Crippen LogP contribution is -2.17. The number of hydrogen-bond acceptors (Lipinski definition) is 5. The smallest absolute Gasteiger partial charge is 0.236 e. The molecule has 27 heavy (non-hydrogen) atoms. The highest BCUT2D eigenvalue weighted by Crippen LogP contribution is 2.38. The number of anilines is 1. The predicted molar refractivity (Wildman–Crippen MR) is 105 cm³/mol. The second kappa shape index (κ2) is 7.19. The molecule has 0 bridgehead atoms. The van der Waals surface area contributed by atoms with E-state index in [1.165, 1.54) is 17.3 Å². The van der Waals surface area contributed by atoms with Gasteiger partial charge in [0.1, 0.15) is 11.6 Å². The zero-order valence-electron chi connectivity index (χ0n) is 15.6. The number of nitrogens with one attached hydrogen (secondary N) is 1. The first kappa shape index (κ1) is 17.8. The Morgan fingerprint density at radius 1 is 1.19 bits per heavy atom. The molecule has 3 aromatic rings. The van der Waals surface area contributed by atoms with Crippen molar-refractivity contribution >= 4 is 23.5 Å². The lowest BCUT2D eigenvalue weighted by molar-refractivity contribution is -0.113. The summed E-state index contributed by atoms with van der Waals surface area (Å²) in [7, 11) is 0. The highest BCUT2D eigenvalue weighted by atomic mass is 32.2. The molecule has 140 valence electrons. The lowest BCUT2D eigenvalue weighted by atomic mass is 10.2. The molecule has 1 N–H and O–H groups in total. The van der Waals surface area contributed by atoms with Crippen molar-refractivity contribution in [1.82, 2.24) is 24.5 Å². The van der Waals surface area contributed by atoms with E-state index in [2.05, 4.69) is 25.2 Å². The third-order valence-corrected chi connectivity index (χ3v) is 5.40. The van der Waals surface area contributed by atoms with E-state index >= 15 is 0 Å². The van der Waals surface area contributed by atoms with Crippen LogP contribution >= 0.6 is 11.8 Å². The average molecular weight is 382 g/mol. The van der Waals surface area contributed by atoms with Crippen LogP contribution in [0.2, 0.25) is 0 Å². The van der Waals surface area contributed by atoms with Crippen LogP contribution in [0.25, 0.3) is 5.69 Å². The molecule has 2 aromatic heterocycles. The molecule has 1 aliphatic rings. The Kier molecular flexibility index (Phi) is 4.73. The largest absolute Gasteiger partial charge is 0.310 e. The summed E-state index contributed by atoms with van der Waals surface area (Å²) in [6.45, 7) is 5.91. The van der Waals surface area contributed by atoms with Gasteiger partial charge < -0.3 is 9.88 Å². The lowest BCUT2D eigenvalue weighted by Gasteiger charge is -2.09. The van der Waals surface area contributed by atoms with Gasteiger partial charge in [0.2, 0.25) is 5.91 Å². The number of thioether (sulfide) groups is 1. The minimum atomic E-state index is -0.0868. The van der Waals surface area contributed by atoms with E-state index in [0.29, 0.717) is 11.9 Å². The zero-order valence-corrected chi connectivity index (χ0v) is 16.5. The third-order valence-electron chi connectivity index (χ3n) is 4.46. The Labute approximate surface area is 162 Å². The quantitative estimate of drug-likeness (QED) is 0.661. The van der Waals surface area contributed by atoms with E-state index in [4.69, 9.17) is 0 Å². The fraction of sp³-hybridized carbons (Fsp3) is 0.368. The minimum Gasteiger partial charge on any atom is -0.310 e. The Morgan fingerprint density at radius 3 is 2.63 bits per heavy atom. The number of aryl methyl sites for hydroxylation is 3. The third kappa shape index (κ3) is 3.90. The van der Waals surface area contributed by atoms with Crippen LogP contribution in [-0.4, -0.2) is 36.2 Å². The molecule has 2 heterocycles. The van der Waals surface area contributed by atoms with Crippen molar-refractivity contribution in [2.24, 2.45) is 0 Å². The summed E-state index contributed by atoms with van der Waals surface area (Å²) in [5.41, 5.74) is 2.95. The predicted octanol–water partition coefficient (Wildman–Crippen LogP) is 3.45. The second-order valence-electron chi connectivity index (χ2n) is 6.89. The molecule has 0 spiro atoms. The van der Waals surface area contributed by atoms with Crippen LogP contribution in [0.5, 0.6) is 0 Å². The van der Waals surface area contributed by atoms with Crippen LogP contribution in [0, 0.1) is 20.8 Å². The molecular weight excluding hydrogens is 360 g/mol. The van der Waals surface area contributed by atoms with Crippen molar-refractivity contribution in [1.29, 1.82) is 0 Å². The van der Waals surface area contributed by atoms with E-state index in [9.17, 15) is 4.79 Å². The van der Waals surface area contributed by atoms with Crippen LogP contribution in [0.4, 0.5) is 5.82 Å². The van der Waals surface area contributed by atoms with Crippen LogP contribution < -0.4 is 5.32 Å². The summed E-state index contributed by atoms with van der Waals surface area (Å²) >= 11 is 1.42. The average Bonchev–Trinajstić information content (AvgIpc) is 3.31. The van der Waals surface area contributed by atoms with Crippen LogP contribution in [0.3, 0.4) is 0 Å². The zero-order chi connectivity index (χ0) is 19.0. The molecule has 1 amide bonds. The van der Waals surface area contributed by atoms with E-state index in [1.54, 1.807) is 4.68 Å². The number of amides is 1. The van der Waals surface area contributed by atoms with E-state index in [0.717, 1.165) is 35.2 Å². The van der Waals surface area contributed by atoms with Gasteiger partial charge in [-0.25, -0.2) is 4.68 Å². The Balaban J connectivity index is 1.45. The van der Waals surface area contributed by atoms with Gasteiger partial charge in [0, 0.05) is 12.1 Å². The van der Waals surface area contributed by atoms with Crippen molar-refractivity contribution in [3.8, 4) is 5.69 Å². The van der Waals surface area contributed by atoms with Gasteiger partial charge in [-0.2, -0.15) is 5.10 Å². The van der Waals surface area contributed by atoms with E-state index < -0.39 is 0 Å². The van der Waals surface area contributed by atoms with Gasteiger partial charge in [-0.05, 0) is 45.7 Å².